The lowest BCUT2D eigenvalue weighted by Crippen LogP contribution is -2.51. The van der Waals surface area contributed by atoms with Crippen LogP contribution in [0.1, 0.15) is 20.8 Å². The minimum atomic E-state index is -0.131. The van der Waals surface area contributed by atoms with Gasteiger partial charge in [-0.2, -0.15) is 0 Å². The van der Waals surface area contributed by atoms with Crippen molar-refractivity contribution in [3.8, 4) is 0 Å². The first-order valence-electron chi connectivity index (χ1n) is 6.96. The quantitative estimate of drug-likeness (QED) is 0.639. The van der Waals surface area contributed by atoms with E-state index in [0.717, 1.165) is 31.2 Å². The van der Waals surface area contributed by atoms with Crippen LogP contribution in [0.4, 0.5) is 5.69 Å². The molecule has 1 aromatic rings. The molecule has 0 amide bonds. The fourth-order valence-corrected chi connectivity index (χ4v) is 2.47. The minimum Gasteiger partial charge on any atom is -0.370 e. The van der Waals surface area contributed by atoms with Crippen LogP contribution in [0.15, 0.2) is 29.3 Å². The zero-order chi connectivity index (χ0) is 14.8. The summed E-state index contributed by atoms with van der Waals surface area (Å²) in [5.41, 5.74) is 7.12. The van der Waals surface area contributed by atoms with Crippen LogP contribution in [0.2, 0.25) is 5.02 Å². The molecule has 0 radical (unpaired) electrons. The Bertz CT molecular complexity index is 485. The highest BCUT2D eigenvalue weighted by Crippen LogP contribution is 2.20. The lowest BCUT2D eigenvalue weighted by Gasteiger charge is -2.37. The standard InChI is InChI=1S/C15H23ClN4/c1-15(2,3)18-14(17)20-9-7-19(8-10-20)13-6-4-5-12(16)11-13/h4-6,11H,7-10H2,1-3H3,(H2,17,18). The van der Waals surface area contributed by atoms with E-state index in [1.54, 1.807) is 0 Å². The molecule has 5 heteroatoms. The van der Waals surface area contributed by atoms with Gasteiger partial charge in [-0.05, 0) is 39.0 Å². The largest absolute Gasteiger partial charge is 0.370 e. The lowest BCUT2D eigenvalue weighted by atomic mass is 10.1. The van der Waals surface area contributed by atoms with Gasteiger partial charge in [0.2, 0.25) is 0 Å². The summed E-state index contributed by atoms with van der Waals surface area (Å²) in [5, 5.41) is 0.777. The molecular formula is C15H23ClN4. The summed E-state index contributed by atoms with van der Waals surface area (Å²) in [6.45, 7) is 9.81. The van der Waals surface area contributed by atoms with Gasteiger partial charge in [0.05, 0.1) is 5.54 Å². The Morgan fingerprint density at radius 2 is 1.85 bits per heavy atom. The number of hydrogen-bond donors (Lipinski definition) is 1. The second-order valence-electron chi connectivity index (χ2n) is 6.09. The molecule has 2 rings (SSSR count). The van der Waals surface area contributed by atoms with E-state index >= 15 is 0 Å². The van der Waals surface area contributed by atoms with Crippen molar-refractivity contribution in [3.63, 3.8) is 0 Å². The number of rotatable bonds is 1. The normalized spacial score (nSPS) is 17.5. The molecule has 0 aliphatic carbocycles. The average Bonchev–Trinajstić information content (AvgIpc) is 2.37. The maximum absolute atomic E-state index is 6.08. The Morgan fingerprint density at radius 1 is 1.20 bits per heavy atom. The van der Waals surface area contributed by atoms with Crippen LogP contribution >= 0.6 is 11.6 Å². The molecule has 0 unspecified atom stereocenters. The van der Waals surface area contributed by atoms with Crippen molar-refractivity contribution in [2.75, 3.05) is 31.1 Å². The van der Waals surface area contributed by atoms with Crippen molar-refractivity contribution < 1.29 is 0 Å². The predicted octanol–water partition coefficient (Wildman–Crippen LogP) is 2.58. The number of halogens is 1. The first-order chi connectivity index (χ1) is 9.35. The summed E-state index contributed by atoms with van der Waals surface area (Å²) >= 11 is 6.04. The van der Waals surface area contributed by atoms with Crippen LogP contribution < -0.4 is 10.6 Å². The molecular weight excluding hydrogens is 272 g/mol. The molecule has 20 heavy (non-hydrogen) atoms. The van der Waals surface area contributed by atoms with Crippen LogP contribution in [0.25, 0.3) is 0 Å². The highest BCUT2D eigenvalue weighted by atomic mass is 35.5. The number of nitrogens with two attached hydrogens (primary N) is 1. The van der Waals surface area contributed by atoms with E-state index in [9.17, 15) is 0 Å². The summed E-state index contributed by atoms with van der Waals surface area (Å²) in [6, 6.07) is 7.98. The topological polar surface area (TPSA) is 44.9 Å². The molecule has 0 saturated carbocycles. The van der Waals surface area contributed by atoms with E-state index in [2.05, 4.69) is 41.6 Å². The van der Waals surface area contributed by atoms with Gasteiger partial charge in [0.25, 0.3) is 0 Å². The number of benzene rings is 1. The van der Waals surface area contributed by atoms with Gasteiger partial charge >= 0.3 is 0 Å². The van der Waals surface area contributed by atoms with E-state index in [-0.39, 0.29) is 5.54 Å². The lowest BCUT2D eigenvalue weighted by molar-refractivity contribution is 0.375. The second-order valence-corrected chi connectivity index (χ2v) is 6.53. The maximum atomic E-state index is 6.08. The van der Waals surface area contributed by atoms with Gasteiger partial charge in [-0.15, -0.1) is 0 Å². The van der Waals surface area contributed by atoms with E-state index in [1.165, 1.54) is 5.69 Å². The van der Waals surface area contributed by atoms with Crippen LogP contribution in [0.5, 0.6) is 0 Å². The molecule has 4 nitrogen and oxygen atoms in total. The van der Waals surface area contributed by atoms with E-state index in [1.807, 2.05) is 18.2 Å². The summed E-state index contributed by atoms with van der Waals surface area (Å²) in [6.07, 6.45) is 0. The second kappa shape index (κ2) is 5.92. The van der Waals surface area contributed by atoms with Gasteiger partial charge < -0.3 is 15.5 Å². The number of piperazine rings is 1. The Balaban J connectivity index is 1.98. The average molecular weight is 295 g/mol. The fourth-order valence-electron chi connectivity index (χ4n) is 2.28. The molecule has 1 aromatic carbocycles. The van der Waals surface area contributed by atoms with E-state index in [0.29, 0.717) is 5.96 Å². The summed E-state index contributed by atoms with van der Waals surface area (Å²) in [5.74, 6) is 0.642. The van der Waals surface area contributed by atoms with Gasteiger partial charge in [0.15, 0.2) is 5.96 Å². The smallest absolute Gasteiger partial charge is 0.191 e. The van der Waals surface area contributed by atoms with Gasteiger partial charge in [-0.25, -0.2) is 4.99 Å². The third-order valence-corrected chi connectivity index (χ3v) is 3.46. The van der Waals surface area contributed by atoms with Crippen molar-refractivity contribution in [1.82, 2.24) is 4.90 Å². The molecule has 1 aliphatic heterocycles. The predicted molar refractivity (Wildman–Crippen MR) is 86.6 cm³/mol. The number of nitrogens with zero attached hydrogens (tertiary/aromatic N) is 3. The van der Waals surface area contributed by atoms with Gasteiger partial charge in [0, 0.05) is 36.9 Å². The minimum absolute atomic E-state index is 0.131. The zero-order valence-electron chi connectivity index (χ0n) is 12.4. The highest BCUT2D eigenvalue weighted by Gasteiger charge is 2.20. The number of hydrogen-bond acceptors (Lipinski definition) is 2. The summed E-state index contributed by atoms with van der Waals surface area (Å²) < 4.78 is 0. The third-order valence-electron chi connectivity index (χ3n) is 3.23. The van der Waals surface area contributed by atoms with Crippen LogP contribution in [0.3, 0.4) is 0 Å². The molecule has 1 saturated heterocycles. The number of aliphatic imine (C=N–C) groups is 1. The molecule has 0 aromatic heterocycles. The maximum Gasteiger partial charge on any atom is 0.191 e. The van der Waals surface area contributed by atoms with Gasteiger partial charge in [-0.3, -0.25) is 0 Å². The van der Waals surface area contributed by atoms with Crippen molar-refractivity contribution >= 4 is 23.2 Å². The SMILES string of the molecule is CC(C)(C)N=C(N)N1CCN(c2cccc(Cl)c2)CC1. The van der Waals surface area contributed by atoms with Crippen LogP contribution in [-0.4, -0.2) is 42.6 Å². The van der Waals surface area contributed by atoms with Crippen molar-refractivity contribution in [2.45, 2.75) is 26.3 Å². The first-order valence-corrected chi connectivity index (χ1v) is 7.34. The Morgan fingerprint density at radius 3 is 2.40 bits per heavy atom. The Labute approximate surface area is 126 Å². The van der Waals surface area contributed by atoms with Crippen LogP contribution in [0, 0.1) is 0 Å². The zero-order valence-corrected chi connectivity index (χ0v) is 13.2. The van der Waals surface area contributed by atoms with Crippen LogP contribution in [-0.2, 0) is 0 Å². The highest BCUT2D eigenvalue weighted by molar-refractivity contribution is 6.30. The molecule has 0 bridgehead atoms. The van der Waals surface area contributed by atoms with Gasteiger partial charge in [0.1, 0.15) is 0 Å². The summed E-state index contributed by atoms with van der Waals surface area (Å²) in [4.78, 5) is 9.00. The Kier molecular flexibility index (Phi) is 4.43. The first kappa shape index (κ1) is 15.0. The molecule has 0 spiro atoms. The third kappa shape index (κ3) is 4.04. The number of anilines is 1. The monoisotopic (exact) mass is 294 g/mol. The molecule has 2 N–H and O–H groups in total. The van der Waals surface area contributed by atoms with Gasteiger partial charge in [-0.1, -0.05) is 17.7 Å². The van der Waals surface area contributed by atoms with E-state index in [4.69, 9.17) is 17.3 Å². The molecule has 1 aliphatic rings. The Hall–Kier alpha value is -1.42. The van der Waals surface area contributed by atoms with Crippen molar-refractivity contribution in [1.29, 1.82) is 0 Å². The molecule has 1 heterocycles. The molecule has 0 atom stereocenters. The van der Waals surface area contributed by atoms with E-state index < -0.39 is 0 Å². The van der Waals surface area contributed by atoms with Crippen molar-refractivity contribution in [2.24, 2.45) is 10.7 Å². The van der Waals surface area contributed by atoms with Crippen molar-refractivity contribution in [3.05, 3.63) is 29.3 Å². The number of guanidine groups is 1. The molecule has 110 valence electrons. The summed E-state index contributed by atoms with van der Waals surface area (Å²) in [7, 11) is 0. The fraction of sp³-hybridized carbons (Fsp3) is 0.533. The molecule has 1 fully saturated rings.